The molecule has 0 spiro atoms. The minimum atomic E-state index is 0.609. The van der Waals surface area contributed by atoms with Crippen LogP contribution in [0.2, 0.25) is 10.0 Å². The molecule has 16 heavy (non-hydrogen) atoms. The fourth-order valence-corrected chi connectivity index (χ4v) is 2.14. The van der Waals surface area contributed by atoms with Crippen LogP contribution in [0.5, 0.6) is 0 Å². The summed E-state index contributed by atoms with van der Waals surface area (Å²) in [6.45, 7) is 4.74. The summed E-state index contributed by atoms with van der Waals surface area (Å²) >= 11 is 11.8. The van der Waals surface area contributed by atoms with Crippen molar-refractivity contribution in [3.63, 3.8) is 0 Å². The van der Waals surface area contributed by atoms with Crippen molar-refractivity contribution in [1.29, 1.82) is 0 Å². The number of rotatable bonds is 2. The average molecular weight is 260 g/mol. The molecule has 0 amide bonds. The van der Waals surface area contributed by atoms with Crippen molar-refractivity contribution in [2.75, 3.05) is 26.2 Å². The predicted molar refractivity (Wildman–Crippen MR) is 67.5 cm³/mol. The molecule has 0 radical (unpaired) electrons. The molecule has 1 aromatic carbocycles. The van der Waals surface area contributed by atoms with Crippen molar-refractivity contribution >= 4 is 23.2 Å². The molecule has 1 aliphatic rings. The number of nitrogens with zero attached hydrogens (tertiary/aromatic N) is 2. The molecule has 2 rings (SSSR count). The molecule has 5 heteroatoms. The summed E-state index contributed by atoms with van der Waals surface area (Å²) in [5.41, 5.74) is 1.19. The molecule has 1 saturated heterocycles. The van der Waals surface area contributed by atoms with Crippen molar-refractivity contribution in [3.8, 4) is 0 Å². The highest BCUT2D eigenvalue weighted by atomic mass is 35.5. The summed E-state index contributed by atoms with van der Waals surface area (Å²) in [5, 5.41) is 3.08. The summed E-state index contributed by atoms with van der Waals surface area (Å²) in [5.74, 6) is 5.70. The highest BCUT2D eigenvalue weighted by Gasteiger charge is 2.14. The second kappa shape index (κ2) is 5.34. The van der Waals surface area contributed by atoms with Crippen LogP contribution in [0.15, 0.2) is 18.2 Å². The van der Waals surface area contributed by atoms with E-state index in [1.165, 1.54) is 5.56 Å². The molecule has 0 aliphatic carbocycles. The maximum atomic E-state index is 5.98. The van der Waals surface area contributed by atoms with E-state index in [4.69, 9.17) is 29.0 Å². The van der Waals surface area contributed by atoms with E-state index in [1.54, 1.807) is 0 Å². The van der Waals surface area contributed by atoms with Gasteiger partial charge in [-0.3, -0.25) is 10.7 Å². The van der Waals surface area contributed by atoms with Crippen LogP contribution in [-0.4, -0.2) is 36.1 Å². The first-order valence-electron chi connectivity index (χ1n) is 5.31. The van der Waals surface area contributed by atoms with Gasteiger partial charge in [-0.25, -0.2) is 5.01 Å². The van der Waals surface area contributed by atoms with Crippen molar-refractivity contribution in [2.24, 2.45) is 5.84 Å². The van der Waals surface area contributed by atoms with Gasteiger partial charge in [-0.1, -0.05) is 29.3 Å². The van der Waals surface area contributed by atoms with Gasteiger partial charge in [0.2, 0.25) is 0 Å². The molecule has 1 heterocycles. The number of piperazine rings is 1. The Morgan fingerprint density at radius 1 is 1.06 bits per heavy atom. The minimum Gasteiger partial charge on any atom is -0.296 e. The molecule has 1 aliphatic heterocycles. The summed E-state index contributed by atoms with van der Waals surface area (Å²) in [7, 11) is 0. The Labute approximate surface area is 106 Å². The molecular formula is C11H15Cl2N3. The van der Waals surface area contributed by atoms with Gasteiger partial charge in [-0.2, -0.15) is 0 Å². The number of halogens is 2. The lowest BCUT2D eigenvalue weighted by Gasteiger charge is -2.31. The minimum absolute atomic E-state index is 0.609. The molecular weight excluding hydrogens is 245 g/mol. The van der Waals surface area contributed by atoms with Gasteiger partial charge in [0.15, 0.2) is 0 Å². The van der Waals surface area contributed by atoms with Crippen LogP contribution in [-0.2, 0) is 6.54 Å². The lowest BCUT2D eigenvalue weighted by Crippen LogP contribution is -2.48. The zero-order valence-corrected chi connectivity index (χ0v) is 10.5. The van der Waals surface area contributed by atoms with E-state index >= 15 is 0 Å². The van der Waals surface area contributed by atoms with Crippen LogP contribution in [0.25, 0.3) is 0 Å². The third-order valence-electron chi connectivity index (χ3n) is 2.80. The SMILES string of the molecule is NN1CCN(Cc2ccc(Cl)c(Cl)c2)CC1. The van der Waals surface area contributed by atoms with Crippen molar-refractivity contribution in [1.82, 2.24) is 9.91 Å². The second-order valence-electron chi connectivity index (χ2n) is 4.06. The van der Waals surface area contributed by atoms with Crippen LogP contribution in [0.3, 0.4) is 0 Å². The van der Waals surface area contributed by atoms with Crippen LogP contribution in [0.1, 0.15) is 5.56 Å². The van der Waals surface area contributed by atoms with Gasteiger partial charge in [0.1, 0.15) is 0 Å². The molecule has 0 bridgehead atoms. The molecule has 0 saturated carbocycles. The molecule has 3 nitrogen and oxygen atoms in total. The fourth-order valence-electron chi connectivity index (χ4n) is 1.82. The molecule has 88 valence electrons. The summed E-state index contributed by atoms with van der Waals surface area (Å²) in [4.78, 5) is 2.36. The predicted octanol–water partition coefficient (Wildman–Crippen LogP) is 1.98. The number of hydrogen-bond donors (Lipinski definition) is 1. The van der Waals surface area contributed by atoms with Gasteiger partial charge in [0.05, 0.1) is 10.0 Å². The van der Waals surface area contributed by atoms with Gasteiger partial charge >= 0.3 is 0 Å². The Morgan fingerprint density at radius 3 is 2.38 bits per heavy atom. The fraction of sp³-hybridized carbons (Fsp3) is 0.455. The normalized spacial score (nSPS) is 18.9. The lowest BCUT2D eigenvalue weighted by molar-refractivity contribution is 0.128. The van der Waals surface area contributed by atoms with Crippen molar-refractivity contribution in [2.45, 2.75) is 6.54 Å². The number of benzene rings is 1. The van der Waals surface area contributed by atoms with Crippen LogP contribution in [0.4, 0.5) is 0 Å². The molecule has 1 fully saturated rings. The molecule has 0 aromatic heterocycles. The third-order valence-corrected chi connectivity index (χ3v) is 3.54. The third kappa shape index (κ3) is 3.09. The van der Waals surface area contributed by atoms with E-state index in [1.807, 2.05) is 23.2 Å². The molecule has 2 N–H and O–H groups in total. The van der Waals surface area contributed by atoms with E-state index in [-0.39, 0.29) is 0 Å². The zero-order valence-electron chi connectivity index (χ0n) is 9.00. The number of hydrogen-bond acceptors (Lipinski definition) is 3. The Morgan fingerprint density at radius 2 is 1.75 bits per heavy atom. The largest absolute Gasteiger partial charge is 0.296 e. The van der Waals surface area contributed by atoms with E-state index in [0.29, 0.717) is 10.0 Å². The highest BCUT2D eigenvalue weighted by Crippen LogP contribution is 2.23. The van der Waals surface area contributed by atoms with E-state index in [2.05, 4.69) is 4.90 Å². The van der Waals surface area contributed by atoms with Crippen molar-refractivity contribution in [3.05, 3.63) is 33.8 Å². The quantitative estimate of drug-likeness (QED) is 0.825. The van der Waals surface area contributed by atoms with Gasteiger partial charge in [0, 0.05) is 32.7 Å². The monoisotopic (exact) mass is 259 g/mol. The first-order valence-corrected chi connectivity index (χ1v) is 6.06. The zero-order chi connectivity index (χ0) is 11.5. The summed E-state index contributed by atoms with van der Waals surface area (Å²) < 4.78 is 0. The van der Waals surface area contributed by atoms with Crippen molar-refractivity contribution < 1.29 is 0 Å². The maximum absolute atomic E-state index is 5.98. The average Bonchev–Trinajstić information content (AvgIpc) is 2.27. The first kappa shape index (κ1) is 12.1. The summed E-state index contributed by atoms with van der Waals surface area (Å²) in [6, 6.07) is 5.79. The molecule has 0 atom stereocenters. The maximum Gasteiger partial charge on any atom is 0.0595 e. The smallest absolute Gasteiger partial charge is 0.0595 e. The van der Waals surface area contributed by atoms with E-state index in [9.17, 15) is 0 Å². The number of hydrazine groups is 1. The second-order valence-corrected chi connectivity index (χ2v) is 4.87. The summed E-state index contributed by atoms with van der Waals surface area (Å²) in [6.07, 6.45) is 0. The Hall–Kier alpha value is -0.320. The molecule has 1 aromatic rings. The van der Waals surface area contributed by atoms with Gasteiger partial charge in [0.25, 0.3) is 0 Å². The Balaban J connectivity index is 1.96. The lowest BCUT2D eigenvalue weighted by atomic mass is 10.2. The van der Waals surface area contributed by atoms with E-state index < -0.39 is 0 Å². The van der Waals surface area contributed by atoms with Crippen LogP contribution in [0, 0.1) is 0 Å². The highest BCUT2D eigenvalue weighted by molar-refractivity contribution is 6.42. The topological polar surface area (TPSA) is 32.5 Å². The Kier molecular flexibility index (Phi) is 4.05. The number of nitrogens with two attached hydrogens (primary N) is 1. The standard InChI is InChI=1S/C11H15Cl2N3/c12-10-2-1-9(7-11(10)13)8-15-3-5-16(14)6-4-15/h1-2,7H,3-6,8,14H2. The van der Waals surface area contributed by atoms with Gasteiger partial charge in [-0.15, -0.1) is 0 Å². The van der Waals surface area contributed by atoms with Crippen LogP contribution < -0.4 is 5.84 Å². The molecule has 0 unspecified atom stereocenters. The first-order chi connectivity index (χ1) is 7.65. The Bertz CT molecular complexity index is 362. The van der Waals surface area contributed by atoms with Crippen LogP contribution >= 0.6 is 23.2 Å². The van der Waals surface area contributed by atoms with Gasteiger partial charge < -0.3 is 0 Å². The van der Waals surface area contributed by atoms with E-state index in [0.717, 1.165) is 32.7 Å². The van der Waals surface area contributed by atoms with Gasteiger partial charge in [-0.05, 0) is 17.7 Å².